The first-order chi connectivity index (χ1) is 9.11. The minimum atomic E-state index is -0.261. The average Bonchev–Trinajstić information content (AvgIpc) is 2.39. The molecule has 1 aromatic rings. The highest BCUT2D eigenvalue weighted by atomic mass is 35.5. The monoisotopic (exact) mass is 285 g/mol. The Morgan fingerprint density at radius 2 is 2.11 bits per heavy atom. The molecule has 0 amide bonds. The van der Waals surface area contributed by atoms with Crippen LogP contribution in [0.4, 0.5) is 10.2 Å². The van der Waals surface area contributed by atoms with Gasteiger partial charge in [-0.25, -0.2) is 9.37 Å². The van der Waals surface area contributed by atoms with Crippen LogP contribution >= 0.6 is 11.6 Å². The van der Waals surface area contributed by atoms with Crippen LogP contribution in [0, 0.1) is 11.7 Å². The third kappa shape index (κ3) is 3.57. The molecule has 1 saturated heterocycles. The molecular weight excluding hydrogens is 265 g/mol. The maximum atomic E-state index is 14.2. The Morgan fingerprint density at radius 3 is 2.68 bits per heavy atom. The molecule has 0 atom stereocenters. The number of aromatic nitrogens is 1. The summed E-state index contributed by atoms with van der Waals surface area (Å²) in [5.41, 5.74) is 0.530. The predicted molar refractivity (Wildman–Crippen MR) is 77.2 cm³/mol. The summed E-state index contributed by atoms with van der Waals surface area (Å²) < 4.78 is 14.2. The maximum Gasteiger partial charge on any atom is 0.170 e. The zero-order chi connectivity index (χ0) is 13.8. The average molecular weight is 286 g/mol. The van der Waals surface area contributed by atoms with Crippen LogP contribution in [-0.4, -0.2) is 43.6 Å². The van der Waals surface area contributed by atoms with Gasteiger partial charge in [0.15, 0.2) is 11.6 Å². The number of nitrogens with zero attached hydrogens (tertiary/aromatic N) is 3. The lowest BCUT2D eigenvalue weighted by atomic mass is 9.96. The van der Waals surface area contributed by atoms with Crippen LogP contribution in [0.1, 0.15) is 18.4 Å². The van der Waals surface area contributed by atoms with E-state index in [9.17, 15) is 4.39 Å². The summed E-state index contributed by atoms with van der Waals surface area (Å²) >= 11 is 5.73. The molecule has 1 fully saturated rings. The molecule has 1 aromatic heterocycles. The molecule has 0 radical (unpaired) electrons. The Balaban J connectivity index is 2.01. The molecular formula is C14H21ClFN3. The van der Waals surface area contributed by atoms with Gasteiger partial charge < -0.3 is 9.80 Å². The summed E-state index contributed by atoms with van der Waals surface area (Å²) in [4.78, 5) is 8.43. The number of piperidine rings is 1. The summed E-state index contributed by atoms with van der Waals surface area (Å²) in [6.45, 7) is 2.84. The van der Waals surface area contributed by atoms with E-state index in [1.807, 2.05) is 4.90 Å². The van der Waals surface area contributed by atoms with Crippen molar-refractivity contribution in [1.29, 1.82) is 0 Å². The molecule has 0 N–H and O–H groups in total. The number of pyridine rings is 1. The molecule has 0 aromatic carbocycles. The van der Waals surface area contributed by atoms with Crippen molar-refractivity contribution in [3.05, 3.63) is 23.6 Å². The molecule has 106 valence electrons. The van der Waals surface area contributed by atoms with Crippen LogP contribution < -0.4 is 4.90 Å². The summed E-state index contributed by atoms with van der Waals surface area (Å²) in [5, 5.41) is 0. The van der Waals surface area contributed by atoms with E-state index in [4.69, 9.17) is 11.6 Å². The largest absolute Gasteiger partial charge is 0.354 e. The van der Waals surface area contributed by atoms with Crippen LogP contribution in [0.2, 0.25) is 0 Å². The first-order valence-electron chi connectivity index (χ1n) is 6.71. The van der Waals surface area contributed by atoms with E-state index >= 15 is 0 Å². The highest BCUT2D eigenvalue weighted by Crippen LogP contribution is 2.26. The van der Waals surface area contributed by atoms with Gasteiger partial charge in [0, 0.05) is 31.4 Å². The molecule has 3 nitrogen and oxygen atoms in total. The standard InChI is InChI=1S/C14H21ClFN3/c1-18(2)10-11-4-7-19(8-5-11)14-13(16)12(9-15)3-6-17-14/h3,6,11H,4-5,7-10H2,1-2H3. The third-order valence-electron chi connectivity index (χ3n) is 3.63. The van der Waals surface area contributed by atoms with Crippen LogP contribution in [0.15, 0.2) is 12.3 Å². The minimum absolute atomic E-state index is 0.193. The molecule has 2 rings (SSSR count). The van der Waals surface area contributed by atoms with Crippen LogP contribution in [-0.2, 0) is 5.88 Å². The van der Waals surface area contributed by atoms with Crippen molar-refractivity contribution in [3.63, 3.8) is 0 Å². The van der Waals surface area contributed by atoms with E-state index in [0.29, 0.717) is 17.3 Å². The van der Waals surface area contributed by atoms with Gasteiger partial charge in [0.1, 0.15) is 0 Å². The smallest absolute Gasteiger partial charge is 0.170 e. The molecule has 0 saturated carbocycles. The van der Waals surface area contributed by atoms with Gasteiger partial charge in [0.05, 0.1) is 5.88 Å². The van der Waals surface area contributed by atoms with Gasteiger partial charge in [-0.1, -0.05) is 0 Å². The molecule has 19 heavy (non-hydrogen) atoms. The van der Waals surface area contributed by atoms with Crippen molar-refractivity contribution >= 4 is 17.4 Å². The van der Waals surface area contributed by atoms with Crippen molar-refractivity contribution in [2.45, 2.75) is 18.7 Å². The maximum absolute atomic E-state index is 14.2. The van der Waals surface area contributed by atoms with Crippen molar-refractivity contribution < 1.29 is 4.39 Å². The predicted octanol–water partition coefficient (Wildman–Crippen LogP) is 2.74. The minimum Gasteiger partial charge on any atom is -0.354 e. The Bertz CT molecular complexity index is 417. The van der Waals surface area contributed by atoms with Crippen molar-refractivity contribution in [3.8, 4) is 0 Å². The summed E-state index contributed by atoms with van der Waals surface area (Å²) in [6, 6.07) is 1.64. The van der Waals surface area contributed by atoms with Crippen molar-refractivity contribution in [2.75, 3.05) is 38.6 Å². The van der Waals surface area contributed by atoms with Gasteiger partial charge in [-0.15, -0.1) is 11.6 Å². The first-order valence-corrected chi connectivity index (χ1v) is 7.24. The lowest BCUT2D eigenvalue weighted by Crippen LogP contribution is -2.38. The second kappa shape index (κ2) is 6.53. The molecule has 1 aliphatic rings. The summed E-state index contributed by atoms with van der Waals surface area (Å²) in [6.07, 6.45) is 3.82. The first kappa shape index (κ1) is 14.5. The van der Waals surface area contributed by atoms with E-state index in [0.717, 1.165) is 32.5 Å². The van der Waals surface area contributed by atoms with E-state index < -0.39 is 0 Å². The molecule has 0 bridgehead atoms. The quantitative estimate of drug-likeness (QED) is 0.793. The van der Waals surface area contributed by atoms with Gasteiger partial charge in [-0.2, -0.15) is 0 Å². The number of halogens is 2. The van der Waals surface area contributed by atoms with Gasteiger partial charge in [-0.3, -0.25) is 0 Å². The van der Waals surface area contributed by atoms with Crippen LogP contribution in [0.5, 0.6) is 0 Å². The summed E-state index contributed by atoms with van der Waals surface area (Å²) in [5.74, 6) is 1.09. The molecule has 0 aliphatic carbocycles. The topological polar surface area (TPSA) is 19.4 Å². The van der Waals surface area contributed by atoms with Gasteiger partial charge in [0.25, 0.3) is 0 Å². The van der Waals surface area contributed by atoms with Crippen molar-refractivity contribution in [1.82, 2.24) is 9.88 Å². The number of hydrogen-bond acceptors (Lipinski definition) is 3. The zero-order valence-corrected chi connectivity index (χ0v) is 12.3. The van der Waals surface area contributed by atoms with E-state index in [1.165, 1.54) is 0 Å². The fraction of sp³-hybridized carbons (Fsp3) is 0.643. The molecule has 2 heterocycles. The Morgan fingerprint density at radius 1 is 1.42 bits per heavy atom. The lowest BCUT2D eigenvalue weighted by Gasteiger charge is -2.34. The lowest BCUT2D eigenvalue weighted by molar-refractivity contribution is 0.284. The SMILES string of the molecule is CN(C)CC1CCN(c2nccc(CCl)c2F)CC1. The van der Waals surface area contributed by atoms with Gasteiger partial charge in [0.2, 0.25) is 0 Å². The van der Waals surface area contributed by atoms with Crippen LogP contribution in [0.3, 0.4) is 0 Å². The second-order valence-corrected chi connectivity index (χ2v) is 5.70. The van der Waals surface area contributed by atoms with Crippen molar-refractivity contribution in [2.24, 2.45) is 5.92 Å². The number of hydrogen-bond donors (Lipinski definition) is 0. The zero-order valence-electron chi connectivity index (χ0n) is 11.6. The summed E-state index contributed by atoms with van der Waals surface area (Å²) in [7, 11) is 4.19. The van der Waals surface area contributed by atoms with E-state index in [-0.39, 0.29) is 11.7 Å². The van der Waals surface area contributed by atoms with E-state index in [1.54, 1.807) is 12.3 Å². The van der Waals surface area contributed by atoms with Gasteiger partial charge in [-0.05, 0) is 38.9 Å². The second-order valence-electron chi connectivity index (χ2n) is 5.43. The normalized spacial score (nSPS) is 17.2. The fourth-order valence-electron chi connectivity index (χ4n) is 2.64. The van der Waals surface area contributed by atoms with E-state index in [2.05, 4.69) is 24.0 Å². The third-order valence-corrected chi connectivity index (χ3v) is 3.92. The molecule has 0 spiro atoms. The Kier molecular flexibility index (Phi) is 4.99. The number of anilines is 1. The molecule has 1 aliphatic heterocycles. The number of rotatable bonds is 4. The van der Waals surface area contributed by atoms with Crippen LogP contribution in [0.25, 0.3) is 0 Å². The number of alkyl halides is 1. The fourth-order valence-corrected chi connectivity index (χ4v) is 2.85. The molecule has 5 heteroatoms. The van der Waals surface area contributed by atoms with Gasteiger partial charge >= 0.3 is 0 Å². The molecule has 0 unspecified atom stereocenters. The highest BCUT2D eigenvalue weighted by Gasteiger charge is 2.23. The highest BCUT2D eigenvalue weighted by molar-refractivity contribution is 6.17. The Hall–Kier alpha value is -0.870. The Labute approximate surface area is 119 Å².